The molecule has 1 saturated carbocycles. The molecule has 3 aliphatic heterocycles. The Balaban J connectivity index is 0.00000185. The van der Waals surface area contributed by atoms with E-state index in [4.69, 9.17) is 0 Å². The van der Waals surface area contributed by atoms with Crippen LogP contribution in [0.4, 0.5) is 0 Å². The monoisotopic (exact) mass is 606 g/mol. The maximum absolute atomic E-state index is 13.4. The lowest BCUT2D eigenvalue weighted by molar-refractivity contribution is -0.133. The Hall–Kier alpha value is -2.00. The molecule has 40 heavy (non-hydrogen) atoms. The van der Waals surface area contributed by atoms with Crippen molar-refractivity contribution in [1.29, 1.82) is 0 Å². The lowest BCUT2D eigenvalue weighted by Crippen LogP contribution is -2.50. The largest absolute Gasteiger partial charge is 0.476 e. The van der Waals surface area contributed by atoms with Gasteiger partial charge in [-0.15, -0.1) is 24.8 Å². The molecular formula is C30H40Cl2N4O3S. The first-order valence-corrected chi connectivity index (χ1v) is 15.0. The number of aliphatic carboxylic acids is 1. The Morgan fingerprint density at radius 3 is 2.45 bits per heavy atom. The number of thioether (sulfide) groups is 1. The number of likely N-dealkylation sites (N-methyl/N-ethyl adjacent to an activating group) is 1. The molecule has 0 bridgehead atoms. The molecule has 0 aromatic carbocycles. The fourth-order valence-corrected chi connectivity index (χ4v) is 8.08. The number of allylic oxidation sites excluding steroid dienone is 7. The van der Waals surface area contributed by atoms with E-state index in [1.165, 1.54) is 71.7 Å². The molecule has 1 atom stereocenters. The van der Waals surface area contributed by atoms with Gasteiger partial charge in [0.25, 0.3) is 0 Å². The number of carbonyl (C=O) groups excluding carboxylic acids is 1. The molecule has 0 aromatic heterocycles. The van der Waals surface area contributed by atoms with Crippen molar-refractivity contribution in [2.75, 3.05) is 52.4 Å². The minimum Gasteiger partial charge on any atom is -0.476 e. The van der Waals surface area contributed by atoms with Gasteiger partial charge in [0, 0.05) is 49.7 Å². The Morgan fingerprint density at radius 1 is 1.05 bits per heavy atom. The molecule has 6 aliphatic rings. The highest BCUT2D eigenvalue weighted by molar-refractivity contribution is 8.19. The topological polar surface area (TPSA) is 76.5 Å². The number of piperazine rings is 1. The number of hydrogen-bond acceptors (Lipinski definition) is 6. The minimum absolute atomic E-state index is 0. The van der Waals surface area contributed by atoms with Crippen LogP contribution in [0.15, 0.2) is 61.7 Å². The van der Waals surface area contributed by atoms with Crippen LogP contribution in [0, 0.1) is 11.8 Å². The van der Waals surface area contributed by atoms with Crippen LogP contribution >= 0.6 is 36.6 Å². The van der Waals surface area contributed by atoms with Gasteiger partial charge in [-0.05, 0) is 60.1 Å². The van der Waals surface area contributed by atoms with Crippen molar-refractivity contribution in [3.8, 4) is 0 Å². The number of nitrogens with zero attached hydrogens (tertiary/aromatic N) is 4. The van der Waals surface area contributed by atoms with Gasteiger partial charge in [-0.2, -0.15) is 0 Å². The molecule has 1 saturated heterocycles. The molecule has 1 N–H and O–H groups in total. The second-order valence-corrected chi connectivity index (χ2v) is 12.4. The zero-order valence-corrected chi connectivity index (χ0v) is 25.8. The van der Waals surface area contributed by atoms with Gasteiger partial charge in [-0.3, -0.25) is 9.79 Å². The van der Waals surface area contributed by atoms with Crippen LogP contribution in [-0.2, 0) is 9.59 Å². The summed E-state index contributed by atoms with van der Waals surface area (Å²) in [4.78, 5) is 37.5. The van der Waals surface area contributed by atoms with Crippen LogP contribution in [-0.4, -0.2) is 89.1 Å². The standard InChI is InChI=1S/C30H38N4O3S.2ClH/c1-3-32-11-13-34(14-12-32)24(35)18-33-16-21-15-31-29(30(36)37)38-28(21)27-23(17-33)25-19(2)9-10-22(25)26(27)20-7-5-4-6-8-20;;/h9-10,17,20,25H,3-8,11-16,18H2,1-2H3,(H,36,37);2*1H. The van der Waals surface area contributed by atoms with Gasteiger partial charge in [0.15, 0.2) is 5.04 Å². The third-order valence-corrected chi connectivity index (χ3v) is 10.2. The van der Waals surface area contributed by atoms with Gasteiger partial charge in [-0.1, -0.05) is 55.7 Å². The third kappa shape index (κ3) is 5.69. The summed E-state index contributed by atoms with van der Waals surface area (Å²) in [5.41, 5.74) is 7.79. The molecule has 1 unspecified atom stereocenters. The summed E-state index contributed by atoms with van der Waals surface area (Å²) in [7, 11) is 0. The highest BCUT2D eigenvalue weighted by Crippen LogP contribution is 2.57. The molecule has 3 aliphatic carbocycles. The quantitative estimate of drug-likeness (QED) is 0.471. The van der Waals surface area contributed by atoms with Crippen molar-refractivity contribution in [3.05, 3.63) is 56.7 Å². The van der Waals surface area contributed by atoms with E-state index in [0.29, 0.717) is 25.6 Å². The predicted molar refractivity (Wildman–Crippen MR) is 166 cm³/mol. The lowest BCUT2D eigenvalue weighted by atomic mass is 9.80. The van der Waals surface area contributed by atoms with Crippen LogP contribution in [0.3, 0.4) is 0 Å². The molecule has 0 radical (unpaired) electrons. The van der Waals surface area contributed by atoms with Crippen molar-refractivity contribution < 1.29 is 14.7 Å². The van der Waals surface area contributed by atoms with E-state index in [2.05, 4.69) is 47.0 Å². The van der Waals surface area contributed by atoms with E-state index in [0.717, 1.165) is 43.2 Å². The summed E-state index contributed by atoms with van der Waals surface area (Å²) < 4.78 is 0. The van der Waals surface area contributed by atoms with E-state index in [1.807, 2.05) is 4.90 Å². The zero-order chi connectivity index (χ0) is 26.4. The molecule has 10 heteroatoms. The van der Waals surface area contributed by atoms with Crippen LogP contribution in [0.1, 0.15) is 46.0 Å². The zero-order valence-electron chi connectivity index (χ0n) is 23.4. The number of rotatable bonds is 5. The lowest BCUT2D eigenvalue weighted by Gasteiger charge is -2.35. The van der Waals surface area contributed by atoms with Crippen molar-refractivity contribution in [2.45, 2.75) is 46.0 Å². The van der Waals surface area contributed by atoms with E-state index < -0.39 is 5.97 Å². The number of carbonyl (C=O) groups is 2. The molecule has 2 fully saturated rings. The summed E-state index contributed by atoms with van der Waals surface area (Å²) in [5.74, 6) is -0.0809. The highest BCUT2D eigenvalue weighted by Gasteiger charge is 2.44. The van der Waals surface area contributed by atoms with Gasteiger partial charge in [0.05, 0.1) is 13.1 Å². The Morgan fingerprint density at radius 2 is 1.77 bits per heavy atom. The molecule has 6 rings (SSSR count). The number of hydrogen-bond donors (Lipinski definition) is 1. The first-order valence-electron chi connectivity index (χ1n) is 14.2. The summed E-state index contributed by atoms with van der Waals surface area (Å²) >= 11 is 1.33. The average molecular weight is 608 g/mol. The minimum atomic E-state index is -0.956. The summed E-state index contributed by atoms with van der Waals surface area (Å²) in [6, 6.07) is 0. The van der Waals surface area contributed by atoms with Crippen molar-refractivity contribution in [2.24, 2.45) is 16.8 Å². The van der Waals surface area contributed by atoms with Gasteiger partial charge < -0.3 is 19.8 Å². The molecule has 218 valence electrons. The second-order valence-electron chi connectivity index (χ2n) is 11.4. The molecule has 3 heterocycles. The summed E-state index contributed by atoms with van der Waals surface area (Å²) in [6.07, 6.45) is 13.0. The number of carboxylic acid groups (broad SMARTS) is 1. The van der Waals surface area contributed by atoms with E-state index in [1.54, 1.807) is 0 Å². The molecule has 0 aromatic rings. The maximum Gasteiger partial charge on any atom is 0.361 e. The predicted octanol–water partition coefficient (Wildman–Crippen LogP) is 5.07. The smallest absolute Gasteiger partial charge is 0.361 e. The Labute approximate surface area is 254 Å². The summed E-state index contributed by atoms with van der Waals surface area (Å²) in [5, 5.41) is 10.00. The SMILES string of the molecule is CCN1CCN(C(=O)CN2C=C3C(=C(C4CCCCC4)C4=CC=C(C)C34)C3=C(CN=C(C(=O)O)S3)C2)CC1.Cl.Cl. The van der Waals surface area contributed by atoms with Crippen LogP contribution in [0.25, 0.3) is 0 Å². The number of fused-ring (bicyclic) bond motifs is 4. The first kappa shape index (κ1) is 30.9. The van der Waals surface area contributed by atoms with Crippen molar-refractivity contribution in [3.63, 3.8) is 0 Å². The average Bonchev–Trinajstić information content (AvgIpc) is 3.41. The van der Waals surface area contributed by atoms with E-state index in [-0.39, 0.29) is 41.7 Å². The number of carboxylic acids is 1. The Kier molecular flexibility index (Phi) is 9.97. The summed E-state index contributed by atoms with van der Waals surface area (Å²) in [6.45, 7) is 10.1. The second kappa shape index (κ2) is 12.9. The van der Waals surface area contributed by atoms with Crippen LogP contribution in [0.2, 0.25) is 0 Å². The molecule has 7 nitrogen and oxygen atoms in total. The highest BCUT2D eigenvalue weighted by atomic mass is 35.5. The van der Waals surface area contributed by atoms with Gasteiger partial charge in [0.2, 0.25) is 5.91 Å². The van der Waals surface area contributed by atoms with Crippen molar-refractivity contribution in [1.82, 2.24) is 14.7 Å². The molecule has 0 spiro atoms. The fourth-order valence-electron chi connectivity index (χ4n) is 7.06. The van der Waals surface area contributed by atoms with Crippen LogP contribution in [0.5, 0.6) is 0 Å². The van der Waals surface area contributed by atoms with Crippen LogP contribution < -0.4 is 0 Å². The van der Waals surface area contributed by atoms with Crippen molar-refractivity contribution >= 4 is 53.5 Å². The molecule has 1 amide bonds. The number of amides is 1. The number of halogens is 2. The van der Waals surface area contributed by atoms with Gasteiger partial charge >= 0.3 is 5.97 Å². The Bertz CT molecular complexity index is 1240. The normalized spacial score (nSPS) is 25.0. The maximum atomic E-state index is 13.4. The third-order valence-electron chi connectivity index (χ3n) is 9.06. The molecular weight excluding hydrogens is 567 g/mol. The number of aliphatic imine (C=N–C) groups is 1. The van der Waals surface area contributed by atoms with Gasteiger partial charge in [-0.25, -0.2) is 4.79 Å². The first-order chi connectivity index (χ1) is 18.4. The van der Waals surface area contributed by atoms with Gasteiger partial charge in [0.1, 0.15) is 0 Å². The fraction of sp³-hybridized carbons (Fsp3) is 0.567. The van der Waals surface area contributed by atoms with E-state index >= 15 is 0 Å². The van der Waals surface area contributed by atoms with E-state index in [9.17, 15) is 14.7 Å².